The Morgan fingerprint density at radius 2 is 1.88 bits per heavy atom. The van der Waals surface area contributed by atoms with Crippen LogP contribution in [0.5, 0.6) is 0 Å². The molecule has 1 aromatic heterocycles. The first kappa shape index (κ1) is 23.6. The number of hydrogen-bond acceptors (Lipinski definition) is 6. The molecule has 4 rings (SSSR count). The number of rotatable bonds is 9. The summed E-state index contributed by atoms with van der Waals surface area (Å²) in [6.07, 6.45) is 0. The zero-order valence-electron chi connectivity index (χ0n) is 18.9. The number of likely N-dealkylation sites (N-methyl/N-ethyl adjacent to an activating group) is 1. The zero-order valence-corrected chi connectivity index (χ0v) is 19.6. The van der Waals surface area contributed by atoms with Crippen molar-refractivity contribution >= 4 is 17.6 Å². The number of aromatic nitrogens is 2. The highest BCUT2D eigenvalue weighted by Gasteiger charge is 2.15. The Morgan fingerprint density at radius 1 is 1.06 bits per heavy atom. The quantitative estimate of drug-likeness (QED) is 0.346. The van der Waals surface area contributed by atoms with E-state index >= 15 is 0 Å². The molecule has 7 nitrogen and oxygen atoms in total. The summed E-state index contributed by atoms with van der Waals surface area (Å²) in [5, 5.41) is 13.8. The molecule has 0 radical (unpaired) electrons. The molecule has 0 unspecified atom stereocenters. The van der Waals surface area contributed by atoms with E-state index in [-0.39, 0.29) is 6.54 Å². The fraction of sp³-hybridized carbons (Fsp3) is 0.192. The van der Waals surface area contributed by atoms with Crippen LogP contribution in [0.25, 0.3) is 34.0 Å². The Balaban J connectivity index is 1.61. The van der Waals surface area contributed by atoms with Crippen LogP contribution in [0, 0.1) is 0 Å². The number of hydrogen-bond donors (Lipinski definition) is 1. The predicted molar refractivity (Wildman–Crippen MR) is 130 cm³/mol. The molecular formula is C26H24ClN3O4. The first-order valence-corrected chi connectivity index (χ1v) is 11.0. The Labute approximate surface area is 202 Å². The van der Waals surface area contributed by atoms with Crippen LogP contribution in [0.3, 0.4) is 0 Å². The van der Waals surface area contributed by atoms with E-state index in [1.807, 2.05) is 66.7 Å². The molecule has 0 atom stereocenters. The number of carboxylic acid groups (broad SMARTS) is 1. The summed E-state index contributed by atoms with van der Waals surface area (Å²) in [5.41, 5.74) is 5.39. The van der Waals surface area contributed by atoms with Crippen molar-refractivity contribution in [2.75, 3.05) is 20.7 Å². The average Bonchev–Trinajstić information content (AvgIpc) is 3.30. The minimum Gasteiger partial charge on any atom is -0.480 e. The molecule has 8 heteroatoms. The smallest absolute Gasteiger partial charge is 0.317 e. The van der Waals surface area contributed by atoms with Crippen molar-refractivity contribution in [1.82, 2.24) is 15.0 Å². The molecule has 1 N–H and O–H groups in total. The number of carbonyl (C=O) groups is 1. The summed E-state index contributed by atoms with van der Waals surface area (Å²) < 4.78 is 11.0. The fourth-order valence-electron chi connectivity index (χ4n) is 3.81. The molecule has 0 saturated heterocycles. The molecule has 0 fully saturated rings. The third kappa shape index (κ3) is 5.51. The highest BCUT2D eigenvalue weighted by molar-refractivity contribution is 6.33. The lowest BCUT2D eigenvalue weighted by Gasteiger charge is -2.14. The van der Waals surface area contributed by atoms with E-state index in [1.54, 1.807) is 19.1 Å². The van der Waals surface area contributed by atoms with Gasteiger partial charge in [-0.25, -0.2) is 0 Å². The number of benzene rings is 3. The van der Waals surface area contributed by atoms with Crippen LogP contribution in [0.2, 0.25) is 5.02 Å². The largest absolute Gasteiger partial charge is 0.480 e. The fourth-order valence-corrected chi connectivity index (χ4v) is 4.05. The van der Waals surface area contributed by atoms with Crippen molar-refractivity contribution in [3.8, 4) is 34.0 Å². The van der Waals surface area contributed by atoms with Crippen molar-refractivity contribution in [2.45, 2.75) is 13.2 Å². The van der Waals surface area contributed by atoms with Crippen LogP contribution in [-0.2, 0) is 22.7 Å². The molecule has 34 heavy (non-hydrogen) atoms. The second kappa shape index (κ2) is 10.6. The molecule has 0 aliphatic heterocycles. The lowest BCUT2D eigenvalue weighted by atomic mass is 9.97. The van der Waals surface area contributed by atoms with Crippen LogP contribution in [0.15, 0.2) is 71.3 Å². The molecule has 0 spiro atoms. The zero-order chi connectivity index (χ0) is 24.1. The first-order valence-electron chi connectivity index (χ1n) is 10.6. The third-order valence-corrected chi connectivity index (χ3v) is 5.61. The second-order valence-electron chi connectivity index (χ2n) is 7.97. The molecule has 174 valence electrons. The van der Waals surface area contributed by atoms with Crippen molar-refractivity contribution in [3.63, 3.8) is 0 Å². The summed E-state index contributed by atoms with van der Waals surface area (Å²) in [4.78, 5) is 17.2. The van der Waals surface area contributed by atoms with E-state index in [2.05, 4.69) is 10.1 Å². The van der Waals surface area contributed by atoms with Crippen molar-refractivity contribution in [3.05, 3.63) is 82.9 Å². The van der Waals surface area contributed by atoms with E-state index < -0.39 is 5.97 Å². The van der Waals surface area contributed by atoms with Gasteiger partial charge in [-0.15, -0.1) is 0 Å². The van der Waals surface area contributed by atoms with Gasteiger partial charge in [-0.05, 0) is 48.0 Å². The lowest BCUT2D eigenvalue weighted by molar-refractivity contribution is -0.138. The molecular weight excluding hydrogens is 454 g/mol. The average molecular weight is 478 g/mol. The highest BCUT2D eigenvalue weighted by Crippen LogP contribution is 2.33. The van der Waals surface area contributed by atoms with Crippen molar-refractivity contribution in [1.29, 1.82) is 0 Å². The predicted octanol–water partition coefficient (Wildman–Crippen LogP) is 5.39. The first-order chi connectivity index (χ1) is 16.4. The molecule has 0 saturated carbocycles. The maximum atomic E-state index is 10.9. The number of aliphatic carboxylic acids is 1. The number of methoxy groups -OCH3 is 1. The summed E-state index contributed by atoms with van der Waals surface area (Å²) in [5.74, 6) is -0.0115. The summed E-state index contributed by atoms with van der Waals surface area (Å²) >= 11 is 6.41. The molecule has 0 bridgehead atoms. The molecule has 3 aromatic carbocycles. The summed E-state index contributed by atoms with van der Waals surface area (Å²) in [6, 6.07) is 21.2. The Bertz CT molecular complexity index is 1300. The van der Waals surface area contributed by atoms with Crippen LogP contribution >= 0.6 is 11.6 Å². The van der Waals surface area contributed by atoms with Crippen molar-refractivity contribution in [2.24, 2.45) is 0 Å². The van der Waals surface area contributed by atoms with E-state index in [0.717, 1.165) is 33.4 Å². The number of nitrogens with zero attached hydrogens (tertiary/aromatic N) is 3. The maximum absolute atomic E-state index is 10.9. The topological polar surface area (TPSA) is 88.7 Å². The lowest BCUT2D eigenvalue weighted by Crippen LogP contribution is -2.25. The third-order valence-electron chi connectivity index (χ3n) is 5.28. The van der Waals surface area contributed by atoms with E-state index in [0.29, 0.717) is 29.9 Å². The van der Waals surface area contributed by atoms with Gasteiger partial charge in [0.25, 0.3) is 5.89 Å². The normalized spacial score (nSPS) is 11.2. The van der Waals surface area contributed by atoms with E-state index in [4.69, 9.17) is 26.0 Å². The van der Waals surface area contributed by atoms with Gasteiger partial charge >= 0.3 is 5.97 Å². The minimum atomic E-state index is -0.866. The van der Waals surface area contributed by atoms with E-state index in [9.17, 15) is 4.79 Å². The summed E-state index contributed by atoms with van der Waals surface area (Å²) in [6.45, 7) is 0.862. The maximum Gasteiger partial charge on any atom is 0.317 e. The van der Waals surface area contributed by atoms with Crippen molar-refractivity contribution < 1.29 is 19.2 Å². The summed E-state index contributed by atoms with van der Waals surface area (Å²) in [7, 11) is 3.41. The van der Waals surface area contributed by atoms with Gasteiger partial charge in [0.05, 0.1) is 13.2 Å². The molecule has 0 aliphatic carbocycles. The van der Waals surface area contributed by atoms with Gasteiger partial charge in [0, 0.05) is 35.4 Å². The highest BCUT2D eigenvalue weighted by atomic mass is 35.5. The molecule has 4 aromatic rings. The van der Waals surface area contributed by atoms with Gasteiger partial charge < -0.3 is 14.4 Å². The number of ether oxygens (including phenoxy) is 1. The van der Waals surface area contributed by atoms with Crippen LogP contribution in [-0.4, -0.2) is 46.8 Å². The SMILES string of the molecule is COCc1cc(-c2nc(-c3cccc(CN(C)CC(=O)O)c3)no2)ccc1-c1ccccc1Cl. The standard InChI is InChI=1S/C26H24ClN3O4/c1-30(15-24(31)32)14-17-6-5-7-18(12-17)25-28-26(34-29-25)19-10-11-21(20(13-19)16-33-2)22-8-3-4-9-23(22)27/h3-13H,14-16H2,1-2H3,(H,31,32). The van der Waals surface area contributed by atoms with Gasteiger partial charge in [0.15, 0.2) is 0 Å². The van der Waals surface area contributed by atoms with E-state index in [1.165, 1.54) is 0 Å². The van der Waals surface area contributed by atoms with Gasteiger partial charge in [0.1, 0.15) is 0 Å². The van der Waals surface area contributed by atoms with Gasteiger partial charge in [0.2, 0.25) is 5.82 Å². The van der Waals surface area contributed by atoms with Crippen LogP contribution < -0.4 is 0 Å². The van der Waals surface area contributed by atoms with Gasteiger partial charge in [-0.1, -0.05) is 59.2 Å². The second-order valence-corrected chi connectivity index (χ2v) is 8.38. The van der Waals surface area contributed by atoms with Crippen LogP contribution in [0.1, 0.15) is 11.1 Å². The molecule has 0 amide bonds. The van der Waals surface area contributed by atoms with Crippen LogP contribution in [0.4, 0.5) is 0 Å². The van der Waals surface area contributed by atoms with Gasteiger partial charge in [-0.3, -0.25) is 9.69 Å². The Hall–Kier alpha value is -3.52. The minimum absolute atomic E-state index is 0.0371. The molecule has 1 heterocycles. The number of carboxylic acids is 1. The Morgan fingerprint density at radius 3 is 2.65 bits per heavy atom. The van der Waals surface area contributed by atoms with Gasteiger partial charge in [-0.2, -0.15) is 4.98 Å². The monoisotopic (exact) mass is 477 g/mol. The number of halogens is 1. The molecule has 0 aliphatic rings. The Kier molecular flexibility index (Phi) is 7.37.